The van der Waals surface area contributed by atoms with E-state index in [2.05, 4.69) is 64.4 Å². The molecule has 1 fully saturated rings. The lowest BCUT2D eigenvalue weighted by molar-refractivity contribution is 0.653. The molecule has 3 nitrogen and oxygen atoms in total. The van der Waals surface area contributed by atoms with Crippen molar-refractivity contribution < 1.29 is 0 Å². The quantitative estimate of drug-likeness (QED) is 0.938. The van der Waals surface area contributed by atoms with Gasteiger partial charge in [0.2, 0.25) is 0 Å². The molecule has 1 heterocycles. The van der Waals surface area contributed by atoms with E-state index in [1.54, 1.807) is 0 Å². The minimum Gasteiger partial charge on any atom is -0.368 e. The Morgan fingerprint density at radius 3 is 1.71 bits per heavy atom. The predicted molar refractivity (Wildman–Crippen MR) is 89.9 cm³/mol. The summed E-state index contributed by atoms with van der Waals surface area (Å²) in [5.74, 6) is 0. The van der Waals surface area contributed by atoms with Crippen molar-refractivity contribution in [3.8, 4) is 0 Å². The average molecular weight is 281 g/mol. The van der Waals surface area contributed by atoms with Crippen LogP contribution in [0.3, 0.4) is 0 Å². The molecule has 0 aromatic heterocycles. The molecule has 0 saturated carbocycles. The second-order valence-electron chi connectivity index (χ2n) is 5.69. The fraction of sp³-hybridized carbons (Fsp3) is 0.333. The van der Waals surface area contributed by atoms with Crippen LogP contribution in [0.4, 0.5) is 11.4 Å². The van der Waals surface area contributed by atoms with Gasteiger partial charge in [-0.2, -0.15) is 0 Å². The minimum atomic E-state index is 0.106. The van der Waals surface area contributed by atoms with Gasteiger partial charge < -0.3 is 15.5 Å². The van der Waals surface area contributed by atoms with Crippen LogP contribution >= 0.6 is 0 Å². The summed E-state index contributed by atoms with van der Waals surface area (Å²) in [7, 11) is 0. The zero-order valence-corrected chi connectivity index (χ0v) is 12.6. The third-order valence-corrected chi connectivity index (χ3v) is 4.19. The first-order chi connectivity index (χ1) is 10.2. The molecule has 0 spiro atoms. The van der Waals surface area contributed by atoms with Crippen LogP contribution in [0.15, 0.2) is 54.6 Å². The van der Waals surface area contributed by atoms with Crippen LogP contribution in [-0.2, 0) is 0 Å². The molecular weight excluding hydrogens is 258 g/mol. The molecule has 1 saturated heterocycles. The van der Waals surface area contributed by atoms with E-state index in [0.29, 0.717) is 0 Å². The van der Waals surface area contributed by atoms with Crippen molar-refractivity contribution in [2.24, 2.45) is 5.73 Å². The van der Waals surface area contributed by atoms with Gasteiger partial charge in [0.15, 0.2) is 0 Å². The Kier molecular flexibility index (Phi) is 4.11. The molecule has 110 valence electrons. The molecule has 1 unspecified atom stereocenters. The summed E-state index contributed by atoms with van der Waals surface area (Å²) in [6, 6.07) is 19.4. The van der Waals surface area contributed by atoms with Crippen molar-refractivity contribution in [2.75, 3.05) is 36.0 Å². The lowest BCUT2D eigenvalue weighted by Gasteiger charge is -2.37. The molecule has 2 aromatic rings. The summed E-state index contributed by atoms with van der Waals surface area (Å²) in [5.41, 5.74) is 9.72. The van der Waals surface area contributed by atoms with Gasteiger partial charge in [-0.25, -0.2) is 0 Å². The van der Waals surface area contributed by atoms with Gasteiger partial charge in [0.05, 0.1) is 0 Å². The zero-order valence-electron chi connectivity index (χ0n) is 12.6. The molecule has 2 aromatic carbocycles. The first-order valence-corrected chi connectivity index (χ1v) is 7.64. The lowest BCUT2D eigenvalue weighted by Crippen LogP contribution is -2.46. The monoisotopic (exact) mass is 281 g/mol. The van der Waals surface area contributed by atoms with Gasteiger partial charge in [-0.05, 0) is 36.8 Å². The van der Waals surface area contributed by atoms with Crippen LogP contribution in [-0.4, -0.2) is 26.2 Å². The first kappa shape index (κ1) is 14.0. The van der Waals surface area contributed by atoms with Gasteiger partial charge in [-0.15, -0.1) is 0 Å². The van der Waals surface area contributed by atoms with E-state index in [1.165, 1.54) is 16.9 Å². The Hall–Kier alpha value is -2.00. The van der Waals surface area contributed by atoms with Gasteiger partial charge >= 0.3 is 0 Å². The number of hydrogen-bond acceptors (Lipinski definition) is 3. The van der Waals surface area contributed by atoms with E-state index < -0.39 is 0 Å². The molecule has 1 atom stereocenters. The van der Waals surface area contributed by atoms with Crippen molar-refractivity contribution >= 4 is 11.4 Å². The molecule has 2 N–H and O–H groups in total. The molecule has 0 radical (unpaired) electrons. The molecule has 0 bridgehead atoms. The number of benzene rings is 2. The number of para-hydroxylation sites is 1. The second-order valence-corrected chi connectivity index (χ2v) is 5.69. The maximum Gasteiger partial charge on any atom is 0.0367 e. The molecule has 21 heavy (non-hydrogen) atoms. The maximum absolute atomic E-state index is 5.90. The highest BCUT2D eigenvalue weighted by Gasteiger charge is 2.17. The summed E-state index contributed by atoms with van der Waals surface area (Å²) < 4.78 is 0. The van der Waals surface area contributed by atoms with E-state index in [1.807, 2.05) is 6.92 Å². The molecule has 3 heteroatoms. The SMILES string of the molecule is CC(N)c1ccc(N2CCN(c3ccccc3)CC2)cc1. The van der Waals surface area contributed by atoms with Crippen LogP contribution in [0.5, 0.6) is 0 Å². The van der Waals surface area contributed by atoms with Gasteiger partial charge in [-0.1, -0.05) is 30.3 Å². The van der Waals surface area contributed by atoms with Crippen molar-refractivity contribution in [3.63, 3.8) is 0 Å². The second kappa shape index (κ2) is 6.19. The van der Waals surface area contributed by atoms with Crippen LogP contribution in [0.1, 0.15) is 18.5 Å². The summed E-state index contributed by atoms with van der Waals surface area (Å²) in [6.45, 7) is 6.28. The van der Waals surface area contributed by atoms with Gasteiger partial charge in [0.25, 0.3) is 0 Å². The van der Waals surface area contributed by atoms with Crippen LogP contribution in [0, 0.1) is 0 Å². The fourth-order valence-electron chi connectivity index (χ4n) is 2.85. The Morgan fingerprint density at radius 2 is 1.24 bits per heavy atom. The summed E-state index contributed by atoms with van der Waals surface area (Å²) in [6.07, 6.45) is 0. The third kappa shape index (κ3) is 3.19. The van der Waals surface area contributed by atoms with Gasteiger partial charge in [-0.3, -0.25) is 0 Å². The molecule has 1 aliphatic heterocycles. The van der Waals surface area contributed by atoms with E-state index in [-0.39, 0.29) is 6.04 Å². The summed E-state index contributed by atoms with van der Waals surface area (Å²) in [5, 5.41) is 0. The number of anilines is 2. The largest absolute Gasteiger partial charge is 0.368 e. The van der Waals surface area contributed by atoms with E-state index in [9.17, 15) is 0 Å². The topological polar surface area (TPSA) is 32.5 Å². The highest BCUT2D eigenvalue weighted by molar-refractivity contribution is 5.52. The van der Waals surface area contributed by atoms with Gasteiger partial charge in [0, 0.05) is 43.6 Å². The molecule has 0 aliphatic carbocycles. The Labute approximate surface area is 127 Å². The van der Waals surface area contributed by atoms with Crippen LogP contribution in [0.25, 0.3) is 0 Å². The molecule has 3 rings (SSSR count). The number of nitrogens with two attached hydrogens (primary N) is 1. The van der Waals surface area contributed by atoms with Crippen molar-refractivity contribution in [1.29, 1.82) is 0 Å². The normalized spacial score (nSPS) is 16.9. The number of rotatable bonds is 3. The lowest BCUT2D eigenvalue weighted by atomic mass is 10.1. The zero-order chi connectivity index (χ0) is 14.7. The smallest absolute Gasteiger partial charge is 0.0367 e. The number of piperazine rings is 1. The van der Waals surface area contributed by atoms with Crippen molar-refractivity contribution in [2.45, 2.75) is 13.0 Å². The molecule has 1 aliphatic rings. The highest BCUT2D eigenvalue weighted by Crippen LogP contribution is 2.21. The fourth-order valence-corrected chi connectivity index (χ4v) is 2.85. The van der Waals surface area contributed by atoms with Crippen molar-refractivity contribution in [3.05, 3.63) is 60.2 Å². The first-order valence-electron chi connectivity index (χ1n) is 7.64. The maximum atomic E-state index is 5.90. The van der Waals surface area contributed by atoms with E-state index >= 15 is 0 Å². The molecular formula is C18H23N3. The minimum absolute atomic E-state index is 0.106. The third-order valence-electron chi connectivity index (χ3n) is 4.19. The van der Waals surface area contributed by atoms with Crippen LogP contribution in [0.2, 0.25) is 0 Å². The Bertz CT molecular complexity index is 555. The Balaban J connectivity index is 1.63. The van der Waals surface area contributed by atoms with Crippen LogP contribution < -0.4 is 15.5 Å². The number of hydrogen-bond donors (Lipinski definition) is 1. The number of nitrogens with zero attached hydrogens (tertiary/aromatic N) is 2. The predicted octanol–water partition coefficient (Wildman–Crippen LogP) is 3.03. The highest BCUT2D eigenvalue weighted by atomic mass is 15.3. The Morgan fingerprint density at radius 1 is 0.762 bits per heavy atom. The van der Waals surface area contributed by atoms with Gasteiger partial charge in [0.1, 0.15) is 0 Å². The van der Waals surface area contributed by atoms with E-state index in [4.69, 9.17) is 5.73 Å². The molecule has 0 amide bonds. The average Bonchev–Trinajstić information content (AvgIpc) is 2.56. The van der Waals surface area contributed by atoms with E-state index in [0.717, 1.165) is 26.2 Å². The standard InChI is InChI=1S/C18H23N3/c1-15(19)16-7-9-18(10-8-16)21-13-11-20(12-14-21)17-5-3-2-4-6-17/h2-10,15H,11-14,19H2,1H3. The summed E-state index contributed by atoms with van der Waals surface area (Å²) >= 11 is 0. The van der Waals surface area contributed by atoms with Crippen molar-refractivity contribution in [1.82, 2.24) is 0 Å². The summed E-state index contributed by atoms with van der Waals surface area (Å²) in [4.78, 5) is 4.90.